The molecule has 1 aromatic heterocycles. The first-order chi connectivity index (χ1) is 14.7. The van der Waals surface area contributed by atoms with Crippen LogP contribution in [0.2, 0.25) is 0 Å². The number of benzene rings is 2. The van der Waals surface area contributed by atoms with Crippen molar-refractivity contribution >= 4 is 23.4 Å². The number of nitrogens with zero attached hydrogens (tertiary/aromatic N) is 5. The Morgan fingerprint density at radius 1 is 0.967 bits per heavy atom. The minimum Gasteiger partial charge on any atom is -0.368 e. The van der Waals surface area contributed by atoms with Gasteiger partial charge in [0.2, 0.25) is 5.91 Å². The Bertz CT molecular complexity index is 979. The van der Waals surface area contributed by atoms with E-state index in [0.717, 1.165) is 49.3 Å². The lowest BCUT2D eigenvalue weighted by Gasteiger charge is -2.36. The second kappa shape index (κ2) is 9.34. The highest BCUT2D eigenvalue weighted by Gasteiger charge is 2.22. The fourth-order valence-electron chi connectivity index (χ4n) is 3.67. The number of piperazine rings is 1. The van der Waals surface area contributed by atoms with Crippen molar-refractivity contribution in [3.8, 4) is 11.4 Å². The van der Waals surface area contributed by atoms with E-state index in [1.807, 2.05) is 11.0 Å². The fourth-order valence-corrected chi connectivity index (χ4v) is 4.57. The summed E-state index contributed by atoms with van der Waals surface area (Å²) in [5.41, 5.74) is 3.48. The van der Waals surface area contributed by atoms with Crippen LogP contribution in [0.1, 0.15) is 12.5 Å². The molecule has 30 heavy (non-hydrogen) atoms. The van der Waals surface area contributed by atoms with Crippen LogP contribution in [0.3, 0.4) is 0 Å². The molecule has 1 aliphatic rings. The normalized spacial score (nSPS) is 14.2. The molecule has 0 saturated carbocycles. The van der Waals surface area contributed by atoms with E-state index in [2.05, 4.69) is 82.0 Å². The molecule has 0 atom stereocenters. The average Bonchev–Trinajstić information content (AvgIpc) is 3.21. The quantitative estimate of drug-likeness (QED) is 0.568. The first-order valence-corrected chi connectivity index (χ1v) is 11.3. The van der Waals surface area contributed by atoms with Gasteiger partial charge < -0.3 is 14.4 Å². The molecule has 0 radical (unpaired) electrons. The maximum Gasteiger partial charge on any atom is 0.233 e. The van der Waals surface area contributed by atoms with Crippen LogP contribution in [-0.2, 0) is 11.3 Å². The van der Waals surface area contributed by atoms with Gasteiger partial charge in [-0.25, -0.2) is 0 Å². The zero-order valence-corrected chi connectivity index (χ0v) is 18.3. The van der Waals surface area contributed by atoms with Crippen LogP contribution >= 0.6 is 11.8 Å². The molecule has 4 rings (SSSR count). The van der Waals surface area contributed by atoms with Crippen LogP contribution in [0.5, 0.6) is 0 Å². The third kappa shape index (κ3) is 4.51. The molecule has 2 heterocycles. The summed E-state index contributed by atoms with van der Waals surface area (Å²) >= 11 is 1.47. The van der Waals surface area contributed by atoms with Gasteiger partial charge in [-0.05, 0) is 26.0 Å². The Kier molecular flexibility index (Phi) is 6.38. The molecular formula is C23H27N5OS. The summed E-state index contributed by atoms with van der Waals surface area (Å²) in [5.74, 6) is 1.40. The van der Waals surface area contributed by atoms with E-state index in [1.165, 1.54) is 23.0 Å². The molecule has 6 nitrogen and oxygen atoms in total. The maximum absolute atomic E-state index is 12.8. The number of aromatic nitrogens is 3. The van der Waals surface area contributed by atoms with E-state index in [4.69, 9.17) is 0 Å². The van der Waals surface area contributed by atoms with E-state index in [0.29, 0.717) is 5.75 Å². The van der Waals surface area contributed by atoms with E-state index in [9.17, 15) is 4.79 Å². The molecule has 1 saturated heterocycles. The predicted octanol–water partition coefficient (Wildman–Crippen LogP) is 3.71. The zero-order valence-electron chi connectivity index (χ0n) is 17.5. The van der Waals surface area contributed by atoms with Crippen LogP contribution < -0.4 is 4.90 Å². The predicted molar refractivity (Wildman–Crippen MR) is 122 cm³/mol. The summed E-state index contributed by atoms with van der Waals surface area (Å²) in [6.07, 6.45) is 0. The third-order valence-corrected chi connectivity index (χ3v) is 6.37. The minimum absolute atomic E-state index is 0.162. The molecule has 0 unspecified atom stereocenters. The Morgan fingerprint density at radius 3 is 2.33 bits per heavy atom. The molecule has 1 amide bonds. The first-order valence-electron chi connectivity index (χ1n) is 10.4. The summed E-state index contributed by atoms with van der Waals surface area (Å²) in [6.45, 7) is 8.15. The number of hydrogen-bond acceptors (Lipinski definition) is 5. The second-order valence-electron chi connectivity index (χ2n) is 7.41. The highest BCUT2D eigenvalue weighted by molar-refractivity contribution is 7.99. The van der Waals surface area contributed by atoms with E-state index < -0.39 is 0 Å². The van der Waals surface area contributed by atoms with Crippen molar-refractivity contribution in [2.24, 2.45) is 0 Å². The second-order valence-corrected chi connectivity index (χ2v) is 8.35. The first kappa shape index (κ1) is 20.5. The van der Waals surface area contributed by atoms with Gasteiger partial charge in [-0.2, -0.15) is 0 Å². The summed E-state index contributed by atoms with van der Waals surface area (Å²) in [6, 6.07) is 18.7. The van der Waals surface area contributed by atoms with Crippen molar-refractivity contribution < 1.29 is 4.79 Å². The van der Waals surface area contributed by atoms with Crippen LogP contribution in [0.15, 0.2) is 59.8 Å². The summed E-state index contributed by atoms with van der Waals surface area (Å²) in [4.78, 5) is 17.0. The third-order valence-electron chi connectivity index (χ3n) is 5.42. The minimum atomic E-state index is 0.162. The number of anilines is 1. The number of para-hydroxylation sites is 1. The molecule has 0 bridgehead atoms. The van der Waals surface area contributed by atoms with Crippen molar-refractivity contribution in [3.05, 3.63) is 60.2 Å². The lowest BCUT2D eigenvalue weighted by molar-refractivity contribution is -0.128. The van der Waals surface area contributed by atoms with Gasteiger partial charge in [0, 0.05) is 44.0 Å². The van der Waals surface area contributed by atoms with Crippen molar-refractivity contribution in [3.63, 3.8) is 0 Å². The van der Waals surface area contributed by atoms with Crippen molar-refractivity contribution in [1.29, 1.82) is 0 Å². The van der Waals surface area contributed by atoms with Gasteiger partial charge in [-0.1, -0.05) is 59.8 Å². The van der Waals surface area contributed by atoms with Crippen LogP contribution in [-0.4, -0.2) is 57.5 Å². The van der Waals surface area contributed by atoms with E-state index in [1.54, 1.807) is 0 Å². The van der Waals surface area contributed by atoms with E-state index >= 15 is 0 Å². The smallest absolute Gasteiger partial charge is 0.233 e. The molecule has 3 aromatic rings. The largest absolute Gasteiger partial charge is 0.368 e. The number of carbonyl (C=O) groups is 1. The molecule has 0 aliphatic carbocycles. The highest BCUT2D eigenvalue weighted by Crippen LogP contribution is 2.25. The molecule has 2 aromatic carbocycles. The fraction of sp³-hybridized carbons (Fsp3) is 0.348. The molecule has 1 fully saturated rings. The van der Waals surface area contributed by atoms with Gasteiger partial charge in [0.15, 0.2) is 11.0 Å². The monoisotopic (exact) mass is 421 g/mol. The number of rotatable bonds is 6. The average molecular weight is 422 g/mol. The topological polar surface area (TPSA) is 54.3 Å². The van der Waals surface area contributed by atoms with Gasteiger partial charge in [-0.15, -0.1) is 10.2 Å². The van der Waals surface area contributed by atoms with Crippen LogP contribution in [0, 0.1) is 6.92 Å². The van der Waals surface area contributed by atoms with Crippen LogP contribution in [0.25, 0.3) is 11.4 Å². The molecule has 1 aliphatic heterocycles. The SMILES string of the molecule is CCn1c(SCC(=O)N2CCN(c3ccccc3)CC2)nnc1-c1ccc(C)cc1. The lowest BCUT2D eigenvalue weighted by Crippen LogP contribution is -2.49. The molecular weight excluding hydrogens is 394 g/mol. The van der Waals surface area contributed by atoms with Gasteiger partial charge in [0.05, 0.1) is 5.75 Å². The Balaban J connectivity index is 1.35. The van der Waals surface area contributed by atoms with E-state index in [-0.39, 0.29) is 5.91 Å². The zero-order chi connectivity index (χ0) is 20.9. The van der Waals surface area contributed by atoms with Gasteiger partial charge >= 0.3 is 0 Å². The molecule has 0 spiro atoms. The Hall–Kier alpha value is -2.80. The van der Waals surface area contributed by atoms with Gasteiger partial charge in [0.1, 0.15) is 0 Å². The lowest BCUT2D eigenvalue weighted by atomic mass is 10.1. The summed E-state index contributed by atoms with van der Waals surface area (Å²) < 4.78 is 2.08. The number of aryl methyl sites for hydroxylation is 1. The highest BCUT2D eigenvalue weighted by atomic mass is 32.2. The number of thioether (sulfide) groups is 1. The number of hydrogen-bond donors (Lipinski definition) is 0. The standard InChI is InChI=1S/C23H27N5OS/c1-3-28-22(19-11-9-18(2)10-12-19)24-25-23(28)30-17-21(29)27-15-13-26(14-16-27)20-7-5-4-6-8-20/h4-12H,3,13-17H2,1-2H3. The van der Waals surface area contributed by atoms with Gasteiger partial charge in [-0.3, -0.25) is 4.79 Å². The maximum atomic E-state index is 12.8. The van der Waals surface area contributed by atoms with Crippen molar-refractivity contribution in [2.75, 3.05) is 36.8 Å². The summed E-state index contributed by atoms with van der Waals surface area (Å²) in [5, 5.41) is 9.53. The van der Waals surface area contributed by atoms with Gasteiger partial charge in [0.25, 0.3) is 0 Å². The van der Waals surface area contributed by atoms with Crippen molar-refractivity contribution in [1.82, 2.24) is 19.7 Å². The molecule has 0 N–H and O–H groups in total. The molecule has 156 valence electrons. The molecule has 7 heteroatoms. The Morgan fingerprint density at radius 2 is 1.67 bits per heavy atom. The number of amides is 1. The number of carbonyl (C=O) groups excluding carboxylic acids is 1. The summed E-state index contributed by atoms with van der Waals surface area (Å²) in [7, 11) is 0. The van der Waals surface area contributed by atoms with Crippen molar-refractivity contribution in [2.45, 2.75) is 25.5 Å². The Labute approximate surface area is 181 Å². The van der Waals surface area contributed by atoms with Crippen LogP contribution in [0.4, 0.5) is 5.69 Å².